The molecule has 1 saturated heterocycles. The van der Waals surface area contributed by atoms with Crippen LogP contribution in [0.1, 0.15) is 37.8 Å². The molecule has 0 aliphatic carbocycles. The number of barbiturate groups is 1. The summed E-state index contributed by atoms with van der Waals surface area (Å²) in [6.45, 7) is 6.84. The van der Waals surface area contributed by atoms with Gasteiger partial charge in [-0.3, -0.25) is 19.8 Å². The zero-order valence-corrected chi connectivity index (χ0v) is 16.0. The first-order chi connectivity index (χ1) is 12.2. The van der Waals surface area contributed by atoms with Crippen molar-refractivity contribution < 1.29 is 14.4 Å². The van der Waals surface area contributed by atoms with Crippen molar-refractivity contribution in [1.29, 1.82) is 0 Å². The smallest absolute Gasteiger partial charge is 0.330 e. The molecule has 3 rings (SSSR count). The van der Waals surface area contributed by atoms with E-state index in [2.05, 4.69) is 19.2 Å². The third-order valence-electron chi connectivity index (χ3n) is 5.36. The Morgan fingerprint density at radius 2 is 1.96 bits per heavy atom. The summed E-state index contributed by atoms with van der Waals surface area (Å²) in [6, 6.07) is 5.48. The third kappa shape index (κ3) is 3.08. The Bertz CT molecular complexity index is 759. The van der Waals surface area contributed by atoms with Crippen LogP contribution >= 0.6 is 0 Å². The largest absolute Gasteiger partial charge is 0.373 e. The normalized spacial score (nSPS) is 22.9. The monoisotopic (exact) mass is 357 g/mol. The number of fused-ring (bicyclic) bond motifs is 1. The van der Waals surface area contributed by atoms with E-state index in [9.17, 15) is 14.4 Å². The van der Waals surface area contributed by atoms with Crippen molar-refractivity contribution in [2.45, 2.75) is 40.0 Å². The number of hydrogen-bond acceptors (Lipinski definition) is 4. The molecular weight excluding hydrogens is 330 g/mol. The maximum Gasteiger partial charge on any atom is 0.330 e. The number of carbonyl (C=O) groups excluding carboxylic acids is 3. The highest BCUT2D eigenvalue weighted by atomic mass is 16.2. The molecule has 6 heteroatoms. The van der Waals surface area contributed by atoms with Gasteiger partial charge in [0, 0.05) is 25.8 Å². The lowest BCUT2D eigenvalue weighted by molar-refractivity contribution is -0.151. The van der Waals surface area contributed by atoms with Crippen LogP contribution in [0.5, 0.6) is 0 Å². The fourth-order valence-corrected chi connectivity index (χ4v) is 3.99. The van der Waals surface area contributed by atoms with Crippen molar-refractivity contribution in [2.75, 3.05) is 25.0 Å². The molecule has 0 saturated carbocycles. The minimum Gasteiger partial charge on any atom is -0.373 e. The summed E-state index contributed by atoms with van der Waals surface area (Å²) in [5.74, 6) is -0.343. The summed E-state index contributed by atoms with van der Waals surface area (Å²) < 4.78 is 0. The van der Waals surface area contributed by atoms with Crippen LogP contribution in [0, 0.1) is 18.3 Å². The van der Waals surface area contributed by atoms with E-state index in [0.717, 1.165) is 29.7 Å². The second-order valence-electron chi connectivity index (χ2n) is 8.00. The highest BCUT2D eigenvalue weighted by Crippen LogP contribution is 2.39. The maximum absolute atomic E-state index is 13.3. The fourth-order valence-electron chi connectivity index (χ4n) is 3.99. The number of amides is 4. The van der Waals surface area contributed by atoms with Gasteiger partial charge in [-0.05, 0) is 43.7 Å². The number of urea groups is 1. The molecule has 26 heavy (non-hydrogen) atoms. The van der Waals surface area contributed by atoms with Crippen molar-refractivity contribution in [1.82, 2.24) is 10.2 Å². The summed E-state index contributed by atoms with van der Waals surface area (Å²) in [5.41, 5.74) is 1.85. The predicted molar refractivity (Wildman–Crippen MR) is 99.9 cm³/mol. The van der Waals surface area contributed by atoms with Crippen LogP contribution in [0.15, 0.2) is 18.2 Å². The molecule has 0 bridgehead atoms. The molecule has 1 N–H and O–H groups in total. The topological polar surface area (TPSA) is 69.7 Å². The minimum atomic E-state index is -1.23. The molecule has 0 radical (unpaired) electrons. The molecule has 2 aliphatic rings. The summed E-state index contributed by atoms with van der Waals surface area (Å²) in [4.78, 5) is 41.4. The molecule has 2 aliphatic heterocycles. The quantitative estimate of drug-likeness (QED) is 0.841. The minimum absolute atomic E-state index is 0.279. The van der Waals surface area contributed by atoms with Gasteiger partial charge in [0.2, 0.25) is 11.8 Å². The number of rotatable bonds is 4. The Balaban J connectivity index is 1.91. The molecule has 140 valence electrons. The SMILES string of the molecule is Cc1ccc2c(c1)C[C@@]1(CN2C)C(=O)NC(=O)N(CCCC(C)C)C1=O. The van der Waals surface area contributed by atoms with Crippen molar-refractivity contribution in [2.24, 2.45) is 11.3 Å². The van der Waals surface area contributed by atoms with Gasteiger partial charge < -0.3 is 4.90 Å². The molecule has 1 aromatic carbocycles. The van der Waals surface area contributed by atoms with Crippen molar-refractivity contribution in [3.63, 3.8) is 0 Å². The Hall–Kier alpha value is -2.37. The van der Waals surface area contributed by atoms with Gasteiger partial charge in [0.1, 0.15) is 5.41 Å². The highest BCUT2D eigenvalue weighted by molar-refractivity contribution is 6.20. The van der Waals surface area contributed by atoms with Gasteiger partial charge in [-0.15, -0.1) is 0 Å². The van der Waals surface area contributed by atoms with E-state index in [1.165, 1.54) is 4.90 Å². The van der Waals surface area contributed by atoms with E-state index in [0.29, 0.717) is 18.9 Å². The molecule has 6 nitrogen and oxygen atoms in total. The van der Waals surface area contributed by atoms with Gasteiger partial charge in [-0.2, -0.15) is 0 Å². The van der Waals surface area contributed by atoms with Crippen LogP contribution < -0.4 is 10.2 Å². The number of anilines is 1. The predicted octanol–water partition coefficient (Wildman–Crippen LogP) is 2.49. The summed E-state index contributed by atoms with van der Waals surface area (Å²) in [5, 5.41) is 2.43. The van der Waals surface area contributed by atoms with Crippen LogP contribution in [-0.2, 0) is 16.0 Å². The number of nitrogens with zero attached hydrogens (tertiary/aromatic N) is 2. The zero-order valence-electron chi connectivity index (χ0n) is 16.0. The first-order valence-corrected chi connectivity index (χ1v) is 9.22. The molecule has 1 spiro atoms. The first-order valence-electron chi connectivity index (χ1n) is 9.22. The average Bonchev–Trinajstić information content (AvgIpc) is 2.55. The van der Waals surface area contributed by atoms with E-state index in [-0.39, 0.29) is 12.5 Å². The summed E-state index contributed by atoms with van der Waals surface area (Å²) >= 11 is 0. The second kappa shape index (κ2) is 6.74. The lowest BCUT2D eigenvalue weighted by Gasteiger charge is -2.45. The lowest BCUT2D eigenvalue weighted by Crippen LogP contribution is -2.68. The number of hydrogen-bond donors (Lipinski definition) is 1. The average molecular weight is 357 g/mol. The zero-order chi connectivity index (χ0) is 19.1. The molecular formula is C20H27N3O3. The number of imide groups is 2. The van der Waals surface area contributed by atoms with Crippen LogP contribution in [0.25, 0.3) is 0 Å². The van der Waals surface area contributed by atoms with Crippen molar-refractivity contribution >= 4 is 23.5 Å². The van der Waals surface area contributed by atoms with Gasteiger partial charge in [0.25, 0.3) is 0 Å². The van der Waals surface area contributed by atoms with Crippen LogP contribution in [0.4, 0.5) is 10.5 Å². The summed E-state index contributed by atoms with van der Waals surface area (Å²) in [6.07, 6.45) is 2.00. The van der Waals surface area contributed by atoms with Gasteiger partial charge in [0.15, 0.2) is 0 Å². The first kappa shape index (κ1) is 18.4. The number of nitrogens with one attached hydrogen (secondary N) is 1. The molecule has 4 amide bonds. The Morgan fingerprint density at radius 3 is 2.65 bits per heavy atom. The van der Waals surface area contributed by atoms with Gasteiger partial charge >= 0.3 is 6.03 Å². The van der Waals surface area contributed by atoms with Crippen molar-refractivity contribution in [3.8, 4) is 0 Å². The highest BCUT2D eigenvalue weighted by Gasteiger charge is 2.56. The van der Waals surface area contributed by atoms with E-state index < -0.39 is 17.4 Å². The maximum atomic E-state index is 13.3. The van der Waals surface area contributed by atoms with Gasteiger partial charge in [-0.25, -0.2) is 4.79 Å². The molecule has 1 atom stereocenters. The number of benzene rings is 1. The fraction of sp³-hybridized carbons (Fsp3) is 0.550. The van der Waals surface area contributed by atoms with Crippen LogP contribution in [0.2, 0.25) is 0 Å². The Morgan fingerprint density at radius 1 is 1.23 bits per heavy atom. The Kier molecular flexibility index (Phi) is 4.78. The van der Waals surface area contributed by atoms with Crippen molar-refractivity contribution in [3.05, 3.63) is 29.3 Å². The van der Waals surface area contributed by atoms with Crippen LogP contribution in [-0.4, -0.2) is 42.9 Å². The number of carbonyl (C=O) groups is 3. The third-order valence-corrected chi connectivity index (χ3v) is 5.36. The van der Waals surface area contributed by atoms with E-state index in [1.807, 2.05) is 37.1 Å². The summed E-state index contributed by atoms with van der Waals surface area (Å²) in [7, 11) is 1.88. The molecule has 0 unspecified atom stereocenters. The molecule has 0 aromatic heterocycles. The van der Waals surface area contributed by atoms with Crippen LogP contribution in [0.3, 0.4) is 0 Å². The Labute approximate surface area is 154 Å². The van der Waals surface area contributed by atoms with Gasteiger partial charge in [0.05, 0.1) is 0 Å². The second-order valence-corrected chi connectivity index (χ2v) is 8.00. The standard InChI is InChI=1S/C20H27N3O3/c1-13(2)6-5-9-23-18(25)20(17(24)21-19(23)26)11-15-10-14(3)7-8-16(15)22(4)12-20/h7-8,10,13H,5-6,9,11-12H2,1-4H3,(H,21,24,26)/t20-/m1/s1. The molecule has 1 fully saturated rings. The molecule has 1 aromatic rings. The molecule has 2 heterocycles. The van der Waals surface area contributed by atoms with Gasteiger partial charge in [-0.1, -0.05) is 31.5 Å². The number of aryl methyl sites for hydroxylation is 1. The van der Waals surface area contributed by atoms with E-state index in [1.54, 1.807) is 0 Å². The van der Waals surface area contributed by atoms with E-state index in [4.69, 9.17) is 0 Å². The lowest BCUT2D eigenvalue weighted by atomic mass is 9.74. The van der Waals surface area contributed by atoms with E-state index >= 15 is 0 Å².